The van der Waals surface area contributed by atoms with Crippen molar-refractivity contribution in [2.75, 3.05) is 6.61 Å². The standard InChI is InChI=1S/C19H17FO3/c1-2-22-15-12-18(21)23-19(13-15,14-8-4-3-5-9-14)16-10-6-7-11-17(16)20/h3-12H,2,13H2,1H3. The molecule has 0 amide bonds. The first-order chi connectivity index (χ1) is 11.2. The normalized spacial score (nSPS) is 20.6. The summed E-state index contributed by atoms with van der Waals surface area (Å²) >= 11 is 0. The van der Waals surface area contributed by atoms with E-state index in [1.54, 1.807) is 18.2 Å². The molecule has 1 unspecified atom stereocenters. The van der Waals surface area contributed by atoms with E-state index in [1.807, 2.05) is 37.3 Å². The predicted molar refractivity (Wildman–Crippen MR) is 84.0 cm³/mol. The molecule has 23 heavy (non-hydrogen) atoms. The molecule has 0 saturated carbocycles. The van der Waals surface area contributed by atoms with Gasteiger partial charge in [0, 0.05) is 11.1 Å². The Balaban J connectivity index is 2.18. The van der Waals surface area contributed by atoms with Crippen molar-refractivity contribution >= 4 is 5.97 Å². The Kier molecular flexibility index (Phi) is 4.15. The largest absolute Gasteiger partial charge is 0.498 e. The first-order valence-corrected chi connectivity index (χ1v) is 7.52. The van der Waals surface area contributed by atoms with Crippen LogP contribution in [-0.4, -0.2) is 12.6 Å². The third-order valence-corrected chi connectivity index (χ3v) is 3.86. The van der Waals surface area contributed by atoms with E-state index in [4.69, 9.17) is 9.47 Å². The molecule has 3 rings (SSSR count). The van der Waals surface area contributed by atoms with Gasteiger partial charge in [0.05, 0.1) is 19.1 Å². The number of cyclic esters (lactones) is 1. The van der Waals surface area contributed by atoms with E-state index in [-0.39, 0.29) is 6.42 Å². The maximum absolute atomic E-state index is 14.5. The molecular weight excluding hydrogens is 295 g/mol. The molecule has 2 aromatic carbocycles. The minimum atomic E-state index is -1.22. The first kappa shape index (κ1) is 15.3. The average Bonchev–Trinajstić information content (AvgIpc) is 2.56. The number of esters is 1. The van der Waals surface area contributed by atoms with E-state index in [9.17, 15) is 9.18 Å². The van der Waals surface area contributed by atoms with Gasteiger partial charge >= 0.3 is 5.97 Å². The summed E-state index contributed by atoms with van der Waals surface area (Å²) in [5.41, 5.74) is -0.184. The summed E-state index contributed by atoms with van der Waals surface area (Å²) in [5, 5.41) is 0. The highest BCUT2D eigenvalue weighted by molar-refractivity contribution is 5.84. The van der Waals surface area contributed by atoms with Crippen LogP contribution in [0.5, 0.6) is 0 Å². The zero-order valence-corrected chi connectivity index (χ0v) is 12.8. The maximum atomic E-state index is 14.5. The number of halogens is 1. The molecular formula is C19H17FO3. The SMILES string of the molecule is CCOC1=CC(=O)OC(c2ccccc2)(c2ccccc2F)C1. The van der Waals surface area contributed by atoms with Crippen molar-refractivity contribution in [3.05, 3.63) is 83.4 Å². The van der Waals surface area contributed by atoms with Crippen LogP contribution in [0.15, 0.2) is 66.4 Å². The molecule has 118 valence electrons. The minimum Gasteiger partial charge on any atom is -0.498 e. The van der Waals surface area contributed by atoms with Gasteiger partial charge in [0.1, 0.15) is 11.6 Å². The maximum Gasteiger partial charge on any atom is 0.335 e. The molecule has 0 spiro atoms. The van der Waals surface area contributed by atoms with Gasteiger partial charge in [-0.2, -0.15) is 0 Å². The summed E-state index contributed by atoms with van der Waals surface area (Å²) in [4.78, 5) is 12.1. The number of carbonyl (C=O) groups excluding carboxylic acids is 1. The number of hydrogen-bond donors (Lipinski definition) is 0. The molecule has 1 atom stereocenters. The van der Waals surface area contributed by atoms with Gasteiger partial charge in [-0.3, -0.25) is 0 Å². The average molecular weight is 312 g/mol. The lowest BCUT2D eigenvalue weighted by molar-refractivity contribution is -0.154. The number of hydrogen-bond acceptors (Lipinski definition) is 3. The van der Waals surface area contributed by atoms with Gasteiger partial charge in [-0.05, 0) is 13.0 Å². The third-order valence-electron chi connectivity index (χ3n) is 3.86. The molecule has 0 bridgehead atoms. The molecule has 0 aliphatic carbocycles. The van der Waals surface area contributed by atoms with Crippen LogP contribution in [0.2, 0.25) is 0 Å². The summed E-state index contributed by atoms with van der Waals surface area (Å²) in [7, 11) is 0. The van der Waals surface area contributed by atoms with Gasteiger partial charge in [-0.1, -0.05) is 48.5 Å². The van der Waals surface area contributed by atoms with Crippen LogP contribution in [0.25, 0.3) is 0 Å². The van der Waals surface area contributed by atoms with Crippen LogP contribution in [0, 0.1) is 5.82 Å². The third kappa shape index (κ3) is 2.84. The van der Waals surface area contributed by atoms with Gasteiger partial charge in [0.15, 0.2) is 5.60 Å². The second-order valence-electron chi connectivity index (χ2n) is 5.31. The van der Waals surface area contributed by atoms with Gasteiger partial charge in [0.2, 0.25) is 0 Å². The van der Waals surface area contributed by atoms with Gasteiger partial charge in [-0.25, -0.2) is 9.18 Å². The number of rotatable bonds is 4. The van der Waals surface area contributed by atoms with Crippen molar-refractivity contribution in [1.82, 2.24) is 0 Å². The summed E-state index contributed by atoms with van der Waals surface area (Å²) in [5.74, 6) is -0.454. The van der Waals surface area contributed by atoms with Crippen molar-refractivity contribution in [1.29, 1.82) is 0 Å². The Morgan fingerprint density at radius 3 is 2.52 bits per heavy atom. The van der Waals surface area contributed by atoms with Crippen molar-refractivity contribution in [3.8, 4) is 0 Å². The molecule has 3 nitrogen and oxygen atoms in total. The van der Waals surface area contributed by atoms with Crippen molar-refractivity contribution in [2.45, 2.75) is 18.9 Å². The Morgan fingerprint density at radius 2 is 1.83 bits per heavy atom. The summed E-state index contributed by atoms with van der Waals surface area (Å²) in [6.45, 7) is 2.27. The van der Waals surface area contributed by atoms with Crippen LogP contribution in [0.4, 0.5) is 4.39 Å². The molecule has 0 fully saturated rings. The molecule has 4 heteroatoms. The lowest BCUT2D eigenvalue weighted by Crippen LogP contribution is -2.38. The molecule has 1 aliphatic rings. The fourth-order valence-electron chi connectivity index (χ4n) is 2.91. The van der Waals surface area contributed by atoms with Gasteiger partial charge < -0.3 is 9.47 Å². The predicted octanol–water partition coefficient (Wildman–Crippen LogP) is 3.94. The van der Waals surface area contributed by atoms with Gasteiger partial charge in [-0.15, -0.1) is 0 Å². The Morgan fingerprint density at radius 1 is 1.13 bits per heavy atom. The number of carbonyl (C=O) groups is 1. The lowest BCUT2D eigenvalue weighted by Gasteiger charge is -2.37. The van der Waals surface area contributed by atoms with Crippen molar-refractivity contribution in [2.24, 2.45) is 0 Å². The molecule has 0 N–H and O–H groups in total. The highest BCUT2D eigenvalue weighted by atomic mass is 19.1. The second kappa shape index (κ2) is 6.24. The van der Waals surface area contributed by atoms with E-state index < -0.39 is 17.4 Å². The van der Waals surface area contributed by atoms with Crippen LogP contribution in [0.1, 0.15) is 24.5 Å². The summed E-state index contributed by atoms with van der Waals surface area (Å²) < 4.78 is 25.7. The smallest absolute Gasteiger partial charge is 0.335 e. The highest BCUT2D eigenvalue weighted by Gasteiger charge is 2.44. The topological polar surface area (TPSA) is 35.5 Å². The Labute approximate surface area is 134 Å². The second-order valence-corrected chi connectivity index (χ2v) is 5.31. The van der Waals surface area contributed by atoms with Crippen LogP contribution in [0.3, 0.4) is 0 Å². The minimum absolute atomic E-state index is 0.261. The molecule has 0 aromatic heterocycles. The molecule has 1 aliphatic heterocycles. The summed E-state index contributed by atoms with van der Waals surface area (Å²) in [6.07, 6.45) is 1.59. The van der Waals surface area contributed by atoms with E-state index in [1.165, 1.54) is 12.1 Å². The number of benzene rings is 2. The van der Waals surface area contributed by atoms with Crippen LogP contribution >= 0.6 is 0 Å². The van der Waals surface area contributed by atoms with Crippen molar-refractivity contribution < 1.29 is 18.7 Å². The zero-order valence-electron chi connectivity index (χ0n) is 12.8. The highest BCUT2D eigenvalue weighted by Crippen LogP contribution is 2.43. The lowest BCUT2D eigenvalue weighted by atomic mass is 9.81. The quantitative estimate of drug-likeness (QED) is 0.802. The Hall–Kier alpha value is -2.62. The molecule has 2 aromatic rings. The first-order valence-electron chi connectivity index (χ1n) is 7.52. The monoisotopic (exact) mass is 312 g/mol. The fraction of sp³-hybridized carbons (Fsp3) is 0.211. The zero-order chi connectivity index (χ0) is 16.3. The van der Waals surface area contributed by atoms with Crippen LogP contribution < -0.4 is 0 Å². The fourth-order valence-corrected chi connectivity index (χ4v) is 2.91. The molecule has 1 heterocycles. The molecule has 0 radical (unpaired) electrons. The van der Waals surface area contributed by atoms with E-state index in [2.05, 4.69) is 0 Å². The Bertz CT molecular complexity index is 739. The van der Waals surface area contributed by atoms with Crippen LogP contribution in [-0.2, 0) is 19.9 Å². The molecule has 0 saturated heterocycles. The van der Waals surface area contributed by atoms with E-state index >= 15 is 0 Å². The van der Waals surface area contributed by atoms with E-state index in [0.29, 0.717) is 23.5 Å². The van der Waals surface area contributed by atoms with E-state index in [0.717, 1.165) is 0 Å². The number of ether oxygens (including phenoxy) is 2. The van der Waals surface area contributed by atoms with Crippen molar-refractivity contribution in [3.63, 3.8) is 0 Å². The summed E-state index contributed by atoms with van der Waals surface area (Å²) in [6, 6.07) is 15.6. The van der Waals surface area contributed by atoms with Gasteiger partial charge in [0.25, 0.3) is 0 Å².